The van der Waals surface area contributed by atoms with Crippen LogP contribution in [0.1, 0.15) is 29.9 Å². The lowest BCUT2D eigenvalue weighted by atomic mass is 10.1. The summed E-state index contributed by atoms with van der Waals surface area (Å²) >= 11 is 0. The number of nitrogens with zero attached hydrogens (tertiary/aromatic N) is 1. The van der Waals surface area contributed by atoms with Crippen LogP contribution in [0.4, 0.5) is 0 Å². The maximum absolute atomic E-state index is 11.3. The lowest BCUT2D eigenvalue weighted by Gasteiger charge is -2.08. The monoisotopic (exact) mass is 181 g/mol. The van der Waals surface area contributed by atoms with Gasteiger partial charge in [-0.25, -0.2) is 4.98 Å². The number of nitrogens with one attached hydrogen (secondary N) is 1. The number of hydrogen-bond acceptors (Lipinski definition) is 3. The normalized spacial score (nSPS) is 12.9. The van der Waals surface area contributed by atoms with Crippen LogP contribution in [-0.4, -0.2) is 16.5 Å². The van der Waals surface area contributed by atoms with Crippen molar-refractivity contribution in [1.29, 1.82) is 0 Å². The van der Waals surface area contributed by atoms with Gasteiger partial charge in [-0.3, -0.25) is 4.79 Å². The molecule has 1 heterocycles. The first-order valence-electron chi connectivity index (χ1n) is 4.33. The minimum atomic E-state index is -0.0669. The molecule has 0 radical (unpaired) electrons. The van der Waals surface area contributed by atoms with Crippen molar-refractivity contribution in [2.75, 3.05) is 6.54 Å². The highest BCUT2D eigenvalue weighted by molar-refractivity contribution is 5.15. The van der Waals surface area contributed by atoms with E-state index in [9.17, 15) is 4.79 Å². The van der Waals surface area contributed by atoms with Crippen LogP contribution in [0.5, 0.6) is 0 Å². The molecular formula is C9H15N3O. The Kier molecular flexibility index (Phi) is 2.83. The molecular weight excluding hydrogens is 166 g/mol. The summed E-state index contributed by atoms with van der Waals surface area (Å²) in [4.78, 5) is 18.3. The molecule has 0 aliphatic rings. The van der Waals surface area contributed by atoms with Crippen molar-refractivity contribution in [1.82, 2.24) is 9.97 Å². The number of aromatic amines is 1. The summed E-state index contributed by atoms with van der Waals surface area (Å²) in [5.74, 6) is 0.780. The number of rotatable bonds is 2. The second kappa shape index (κ2) is 3.70. The zero-order valence-electron chi connectivity index (χ0n) is 8.22. The molecule has 1 rings (SSSR count). The topological polar surface area (TPSA) is 71.8 Å². The van der Waals surface area contributed by atoms with Crippen LogP contribution in [0.2, 0.25) is 0 Å². The van der Waals surface area contributed by atoms with E-state index in [4.69, 9.17) is 5.73 Å². The van der Waals surface area contributed by atoms with E-state index in [1.807, 2.05) is 13.8 Å². The van der Waals surface area contributed by atoms with Crippen LogP contribution in [0.25, 0.3) is 0 Å². The molecule has 13 heavy (non-hydrogen) atoms. The van der Waals surface area contributed by atoms with E-state index in [-0.39, 0.29) is 11.5 Å². The fraction of sp³-hybridized carbons (Fsp3) is 0.556. The number of aromatic nitrogens is 2. The molecule has 0 aliphatic carbocycles. The third kappa shape index (κ3) is 1.95. The molecule has 72 valence electrons. The van der Waals surface area contributed by atoms with Gasteiger partial charge < -0.3 is 10.7 Å². The second-order valence-electron chi connectivity index (χ2n) is 3.30. The first kappa shape index (κ1) is 9.92. The first-order valence-corrected chi connectivity index (χ1v) is 4.33. The lowest BCUT2D eigenvalue weighted by Crippen LogP contribution is -2.20. The van der Waals surface area contributed by atoms with Crippen LogP contribution in [-0.2, 0) is 0 Å². The highest BCUT2D eigenvalue weighted by Gasteiger charge is 2.08. The van der Waals surface area contributed by atoms with E-state index in [1.54, 1.807) is 6.92 Å². The van der Waals surface area contributed by atoms with E-state index in [0.717, 1.165) is 5.69 Å². The van der Waals surface area contributed by atoms with Gasteiger partial charge in [0.15, 0.2) is 0 Å². The smallest absolute Gasteiger partial charge is 0.254 e. The van der Waals surface area contributed by atoms with Gasteiger partial charge in [0.05, 0.1) is 0 Å². The molecule has 1 aromatic heterocycles. The van der Waals surface area contributed by atoms with Crippen LogP contribution < -0.4 is 11.3 Å². The van der Waals surface area contributed by atoms with Gasteiger partial charge in [0, 0.05) is 23.7 Å². The average molecular weight is 181 g/mol. The van der Waals surface area contributed by atoms with Crippen LogP contribution in [0.15, 0.2) is 4.79 Å². The minimum Gasteiger partial charge on any atom is -0.330 e. The molecule has 0 amide bonds. The third-order valence-electron chi connectivity index (χ3n) is 2.23. The van der Waals surface area contributed by atoms with E-state index in [2.05, 4.69) is 9.97 Å². The fourth-order valence-corrected chi connectivity index (χ4v) is 1.01. The molecule has 0 saturated carbocycles. The van der Waals surface area contributed by atoms with Crippen molar-refractivity contribution in [3.05, 3.63) is 27.4 Å². The number of aryl methyl sites for hydroxylation is 1. The second-order valence-corrected chi connectivity index (χ2v) is 3.30. The van der Waals surface area contributed by atoms with Crippen molar-refractivity contribution >= 4 is 0 Å². The maximum atomic E-state index is 11.3. The fourth-order valence-electron chi connectivity index (χ4n) is 1.01. The Labute approximate surface area is 77.2 Å². The van der Waals surface area contributed by atoms with Gasteiger partial charge in [0.2, 0.25) is 0 Å². The van der Waals surface area contributed by atoms with Crippen molar-refractivity contribution in [3.63, 3.8) is 0 Å². The summed E-state index contributed by atoms with van der Waals surface area (Å²) in [5, 5.41) is 0. The molecule has 1 atom stereocenters. The molecule has 0 aliphatic heterocycles. The molecule has 4 nitrogen and oxygen atoms in total. The van der Waals surface area contributed by atoms with Gasteiger partial charge >= 0.3 is 0 Å². The van der Waals surface area contributed by atoms with Crippen molar-refractivity contribution in [3.8, 4) is 0 Å². The molecule has 0 aromatic carbocycles. The summed E-state index contributed by atoms with van der Waals surface area (Å²) in [7, 11) is 0. The highest BCUT2D eigenvalue weighted by atomic mass is 16.1. The zero-order chi connectivity index (χ0) is 10.0. The Morgan fingerprint density at radius 1 is 1.54 bits per heavy atom. The largest absolute Gasteiger partial charge is 0.330 e. The van der Waals surface area contributed by atoms with Gasteiger partial charge in [0.25, 0.3) is 5.56 Å². The predicted molar refractivity (Wildman–Crippen MR) is 51.8 cm³/mol. The summed E-state index contributed by atoms with van der Waals surface area (Å²) < 4.78 is 0. The molecule has 4 heteroatoms. The van der Waals surface area contributed by atoms with Crippen molar-refractivity contribution < 1.29 is 0 Å². The molecule has 0 fully saturated rings. The van der Waals surface area contributed by atoms with Gasteiger partial charge in [-0.05, 0) is 13.8 Å². The Balaban J connectivity index is 3.21. The summed E-state index contributed by atoms with van der Waals surface area (Å²) in [6, 6.07) is 0. The van der Waals surface area contributed by atoms with Crippen molar-refractivity contribution in [2.45, 2.75) is 26.7 Å². The average Bonchev–Trinajstić information content (AvgIpc) is 2.12. The molecule has 1 aromatic rings. The van der Waals surface area contributed by atoms with E-state index in [0.29, 0.717) is 17.9 Å². The van der Waals surface area contributed by atoms with Gasteiger partial charge in [0.1, 0.15) is 5.82 Å². The number of hydrogen-bond donors (Lipinski definition) is 2. The standard InChI is InChI=1S/C9H15N3O/c1-5(4-10)8-11-7(3)6(2)9(13)12-8/h5H,4,10H2,1-3H3,(H,11,12,13). The summed E-state index contributed by atoms with van der Waals surface area (Å²) in [6.45, 7) is 6.02. The Hall–Kier alpha value is -1.16. The van der Waals surface area contributed by atoms with Gasteiger partial charge in [-0.15, -0.1) is 0 Å². The predicted octanol–water partition coefficient (Wildman–Crippen LogP) is 0.449. The molecule has 1 unspecified atom stereocenters. The van der Waals surface area contributed by atoms with E-state index >= 15 is 0 Å². The van der Waals surface area contributed by atoms with Gasteiger partial charge in [-0.2, -0.15) is 0 Å². The summed E-state index contributed by atoms with van der Waals surface area (Å²) in [6.07, 6.45) is 0. The quantitative estimate of drug-likeness (QED) is 0.695. The molecule has 0 saturated heterocycles. The van der Waals surface area contributed by atoms with Crippen molar-refractivity contribution in [2.24, 2.45) is 5.73 Å². The Morgan fingerprint density at radius 3 is 2.62 bits per heavy atom. The maximum Gasteiger partial charge on any atom is 0.254 e. The number of H-pyrrole nitrogens is 1. The van der Waals surface area contributed by atoms with E-state index < -0.39 is 0 Å². The zero-order valence-corrected chi connectivity index (χ0v) is 8.22. The molecule has 0 bridgehead atoms. The first-order chi connectivity index (χ1) is 6.06. The molecule has 0 spiro atoms. The Morgan fingerprint density at radius 2 is 2.15 bits per heavy atom. The SMILES string of the molecule is Cc1nc(C(C)CN)[nH]c(=O)c1C. The Bertz CT molecular complexity index is 356. The highest BCUT2D eigenvalue weighted by Crippen LogP contribution is 2.07. The van der Waals surface area contributed by atoms with E-state index in [1.165, 1.54) is 0 Å². The number of nitrogens with two attached hydrogens (primary N) is 1. The minimum absolute atomic E-state index is 0.0669. The van der Waals surface area contributed by atoms with Crippen LogP contribution in [0.3, 0.4) is 0 Å². The molecule has 3 N–H and O–H groups in total. The van der Waals surface area contributed by atoms with Crippen LogP contribution >= 0.6 is 0 Å². The third-order valence-corrected chi connectivity index (χ3v) is 2.23. The van der Waals surface area contributed by atoms with Gasteiger partial charge in [-0.1, -0.05) is 6.92 Å². The lowest BCUT2D eigenvalue weighted by molar-refractivity contribution is 0.698. The summed E-state index contributed by atoms with van der Waals surface area (Å²) in [5.41, 5.74) is 6.86. The van der Waals surface area contributed by atoms with Crippen LogP contribution in [0, 0.1) is 13.8 Å².